The topological polar surface area (TPSA) is 20.2 Å². The van der Waals surface area contributed by atoms with E-state index in [-0.39, 0.29) is 0 Å². The molecule has 0 rings (SSSR count). The van der Waals surface area contributed by atoms with E-state index in [4.69, 9.17) is 0 Å². The quantitative estimate of drug-likeness (QED) is 0.314. The van der Waals surface area contributed by atoms with E-state index in [0.29, 0.717) is 6.42 Å². The summed E-state index contributed by atoms with van der Waals surface area (Å²) in [6, 6.07) is 0. The molecule has 0 aliphatic rings. The van der Waals surface area contributed by atoms with Gasteiger partial charge in [0.1, 0.15) is 0 Å². The van der Waals surface area contributed by atoms with Crippen LogP contribution in [0.4, 0.5) is 0 Å². The van der Waals surface area contributed by atoms with E-state index in [9.17, 15) is 5.11 Å². The van der Waals surface area contributed by atoms with Gasteiger partial charge in [0, 0.05) is 0 Å². The summed E-state index contributed by atoms with van der Waals surface area (Å²) < 4.78 is -1.07. The van der Waals surface area contributed by atoms with Crippen LogP contribution in [0, 0.1) is 0 Å². The van der Waals surface area contributed by atoms with Crippen molar-refractivity contribution in [3.05, 3.63) is 0 Å². The van der Waals surface area contributed by atoms with E-state index in [1.165, 1.54) is 44.9 Å². The van der Waals surface area contributed by atoms with Gasteiger partial charge in [-0.2, -0.15) is 0 Å². The van der Waals surface area contributed by atoms with E-state index in [2.05, 4.69) is 32.2 Å². The van der Waals surface area contributed by atoms with E-state index >= 15 is 0 Å². The molecular formula is C11H24OS2. The van der Waals surface area contributed by atoms with Crippen molar-refractivity contribution < 1.29 is 5.11 Å². The molecule has 0 fully saturated rings. The Kier molecular flexibility index (Phi) is 9.35. The second-order valence-electron chi connectivity index (χ2n) is 4.00. The molecule has 0 radical (unpaired) electrons. The second-order valence-corrected chi connectivity index (χ2v) is 5.83. The van der Waals surface area contributed by atoms with E-state index in [0.717, 1.165) is 6.42 Å². The SMILES string of the molecule is CCCCCCCCCCC(O)(S)S. The summed E-state index contributed by atoms with van der Waals surface area (Å²) in [7, 11) is 0. The van der Waals surface area contributed by atoms with Gasteiger partial charge < -0.3 is 5.11 Å². The molecule has 0 heterocycles. The summed E-state index contributed by atoms with van der Waals surface area (Å²) in [5.41, 5.74) is 0. The lowest BCUT2D eigenvalue weighted by atomic mass is 10.1. The van der Waals surface area contributed by atoms with Crippen molar-refractivity contribution >= 4 is 25.3 Å². The van der Waals surface area contributed by atoms with E-state index < -0.39 is 4.27 Å². The van der Waals surface area contributed by atoms with Crippen LogP contribution in [0.2, 0.25) is 0 Å². The largest absolute Gasteiger partial charge is 0.371 e. The molecular weight excluding hydrogens is 212 g/mol. The molecule has 0 aliphatic carbocycles. The van der Waals surface area contributed by atoms with Gasteiger partial charge >= 0.3 is 0 Å². The number of hydrogen-bond donors (Lipinski definition) is 3. The molecule has 0 amide bonds. The van der Waals surface area contributed by atoms with Crippen LogP contribution in [-0.2, 0) is 0 Å². The molecule has 86 valence electrons. The molecule has 0 aromatic rings. The van der Waals surface area contributed by atoms with Gasteiger partial charge in [0.2, 0.25) is 0 Å². The third-order valence-electron chi connectivity index (χ3n) is 2.37. The fourth-order valence-corrected chi connectivity index (χ4v) is 1.81. The third kappa shape index (κ3) is 12.7. The Morgan fingerprint density at radius 1 is 0.857 bits per heavy atom. The van der Waals surface area contributed by atoms with Gasteiger partial charge in [-0.1, -0.05) is 51.9 Å². The molecule has 0 spiro atoms. The standard InChI is InChI=1S/C11H24OS2/c1-2-3-4-5-6-7-8-9-10-11(12,13)14/h12-14H,2-10H2,1H3. The van der Waals surface area contributed by atoms with Crippen molar-refractivity contribution in [1.29, 1.82) is 0 Å². The van der Waals surface area contributed by atoms with Gasteiger partial charge in [-0.05, 0) is 12.8 Å². The molecule has 0 bridgehead atoms. The van der Waals surface area contributed by atoms with Gasteiger partial charge in [-0.15, -0.1) is 25.3 Å². The Bertz CT molecular complexity index is 121. The lowest BCUT2D eigenvalue weighted by Crippen LogP contribution is -2.10. The first kappa shape index (κ1) is 14.7. The van der Waals surface area contributed by atoms with E-state index in [1.54, 1.807) is 0 Å². The highest BCUT2D eigenvalue weighted by Gasteiger charge is 2.13. The van der Waals surface area contributed by atoms with Gasteiger partial charge in [0.05, 0.1) is 0 Å². The number of aliphatic hydroxyl groups is 1. The first-order chi connectivity index (χ1) is 6.56. The minimum Gasteiger partial charge on any atom is -0.371 e. The van der Waals surface area contributed by atoms with Gasteiger partial charge in [-0.25, -0.2) is 0 Å². The Labute approximate surface area is 99.5 Å². The summed E-state index contributed by atoms with van der Waals surface area (Å²) in [5.74, 6) is 0. The lowest BCUT2D eigenvalue weighted by Gasteiger charge is -2.13. The molecule has 0 atom stereocenters. The molecule has 0 aliphatic heterocycles. The zero-order chi connectivity index (χ0) is 10.9. The van der Waals surface area contributed by atoms with Crippen molar-refractivity contribution in [2.75, 3.05) is 0 Å². The average molecular weight is 236 g/mol. The Morgan fingerprint density at radius 2 is 1.29 bits per heavy atom. The second kappa shape index (κ2) is 8.93. The Balaban J connectivity index is 2.99. The van der Waals surface area contributed by atoms with Crippen LogP contribution in [0.1, 0.15) is 64.7 Å². The average Bonchev–Trinajstić information content (AvgIpc) is 2.08. The monoisotopic (exact) mass is 236 g/mol. The number of thiol groups is 2. The first-order valence-electron chi connectivity index (χ1n) is 5.73. The minimum absolute atomic E-state index is 0.675. The summed E-state index contributed by atoms with van der Waals surface area (Å²) in [6.07, 6.45) is 10.9. The summed E-state index contributed by atoms with van der Waals surface area (Å²) in [4.78, 5) is 0. The molecule has 3 heteroatoms. The maximum absolute atomic E-state index is 9.22. The van der Waals surface area contributed by atoms with Crippen LogP contribution in [0.3, 0.4) is 0 Å². The molecule has 0 aromatic carbocycles. The van der Waals surface area contributed by atoms with Crippen molar-refractivity contribution in [2.24, 2.45) is 0 Å². The highest BCUT2D eigenvalue weighted by Crippen LogP contribution is 2.23. The lowest BCUT2D eigenvalue weighted by molar-refractivity contribution is 0.219. The van der Waals surface area contributed by atoms with Crippen molar-refractivity contribution in [1.82, 2.24) is 0 Å². The van der Waals surface area contributed by atoms with Gasteiger partial charge in [0.25, 0.3) is 0 Å². The summed E-state index contributed by atoms with van der Waals surface area (Å²) >= 11 is 7.89. The number of rotatable bonds is 9. The van der Waals surface area contributed by atoms with Crippen LogP contribution < -0.4 is 0 Å². The Hall–Kier alpha value is 0.660. The molecule has 1 nitrogen and oxygen atoms in total. The zero-order valence-electron chi connectivity index (χ0n) is 9.21. The van der Waals surface area contributed by atoms with Crippen LogP contribution in [0.15, 0.2) is 0 Å². The molecule has 14 heavy (non-hydrogen) atoms. The van der Waals surface area contributed by atoms with Gasteiger partial charge in [-0.3, -0.25) is 0 Å². The van der Waals surface area contributed by atoms with Crippen molar-refractivity contribution in [3.63, 3.8) is 0 Å². The van der Waals surface area contributed by atoms with Crippen molar-refractivity contribution in [3.8, 4) is 0 Å². The summed E-state index contributed by atoms with van der Waals surface area (Å²) in [6.45, 7) is 2.24. The smallest absolute Gasteiger partial charge is 0.151 e. The van der Waals surface area contributed by atoms with Crippen LogP contribution in [0.5, 0.6) is 0 Å². The highest BCUT2D eigenvalue weighted by molar-refractivity contribution is 8.00. The van der Waals surface area contributed by atoms with Crippen LogP contribution >= 0.6 is 25.3 Å². The normalized spacial score (nSPS) is 12.0. The number of hydrogen-bond acceptors (Lipinski definition) is 3. The molecule has 0 saturated heterocycles. The van der Waals surface area contributed by atoms with Gasteiger partial charge in [0.15, 0.2) is 4.27 Å². The fourth-order valence-electron chi connectivity index (χ4n) is 1.50. The predicted octanol–water partition coefficient (Wildman–Crippen LogP) is 4.02. The third-order valence-corrected chi connectivity index (χ3v) is 2.81. The molecule has 0 saturated carbocycles. The minimum atomic E-state index is -1.07. The molecule has 0 unspecified atom stereocenters. The fraction of sp³-hybridized carbons (Fsp3) is 1.00. The summed E-state index contributed by atoms with van der Waals surface area (Å²) in [5, 5.41) is 9.22. The molecule has 0 aromatic heterocycles. The predicted molar refractivity (Wildman–Crippen MR) is 70.1 cm³/mol. The van der Waals surface area contributed by atoms with Crippen molar-refractivity contribution in [2.45, 2.75) is 69.0 Å². The number of unbranched alkanes of at least 4 members (excludes halogenated alkanes) is 7. The zero-order valence-corrected chi connectivity index (χ0v) is 11.0. The maximum Gasteiger partial charge on any atom is 0.151 e. The van der Waals surface area contributed by atoms with Crippen LogP contribution in [-0.4, -0.2) is 9.37 Å². The highest BCUT2D eigenvalue weighted by atomic mass is 32.2. The Morgan fingerprint density at radius 3 is 1.71 bits per heavy atom. The molecule has 1 N–H and O–H groups in total. The van der Waals surface area contributed by atoms with Crippen LogP contribution in [0.25, 0.3) is 0 Å². The first-order valence-corrected chi connectivity index (χ1v) is 6.63. The maximum atomic E-state index is 9.22. The van der Waals surface area contributed by atoms with E-state index in [1.807, 2.05) is 0 Å².